The Morgan fingerprint density at radius 2 is 2.05 bits per heavy atom. The molecule has 0 aromatic heterocycles. The zero-order valence-electron chi connectivity index (χ0n) is 12.6. The number of unbranched alkanes of at least 4 members (excludes halogenated alkanes) is 1. The second kappa shape index (κ2) is 6.53. The molecule has 0 saturated carbocycles. The van der Waals surface area contributed by atoms with Crippen molar-refractivity contribution in [3.8, 4) is 0 Å². The fraction of sp³-hybridized carbons (Fsp3) is 0.647. The summed E-state index contributed by atoms with van der Waals surface area (Å²) in [6.07, 6.45) is 4.83. The number of hydrogen-bond donors (Lipinski definition) is 1. The molecule has 0 radical (unpaired) electrons. The van der Waals surface area contributed by atoms with Crippen LogP contribution in [0.3, 0.4) is 0 Å². The number of hydrogen-bond acceptors (Lipinski definition) is 2. The zero-order valence-corrected chi connectivity index (χ0v) is 12.6. The summed E-state index contributed by atoms with van der Waals surface area (Å²) in [4.78, 5) is 2.65. The minimum Gasteiger partial charge on any atom is -0.323 e. The molecule has 0 heterocycles. The molecule has 106 valence electrons. The van der Waals surface area contributed by atoms with Gasteiger partial charge in [0.25, 0.3) is 0 Å². The molecule has 0 saturated heterocycles. The Kier molecular flexibility index (Phi) is 5.00. The second-order valence-electron chi connectivity index (χ2n) is 5.84. The van der Waals surface area contributed by atoms with Gasteiger partial charge in [0.05, 0.1) is 0 Å². The maximum Gasteiger partial charge on any atom is 0.0459 e. The Balaban J connectivity index is 2.15. The van der Waals surface area contributed by atoms with Gasteiger partial charge in [-0.15, -0.1) is 0 Å². The molecular weight excluding hydrogens is 232 g/mol. The van der Waals surface area contributed by atoms with Gasteiger partial charge in [-0.25, -0.2) is 0 Å². The van der Waals surface area contributed by atoms with E-state index in [1.807, 2.05) is 0 Å². The summed E-state index contributed by atoms with van der Waals surface area (Å²) in [5.41, 5.74) is 9.32. The Hall–Kier alpha value is -0.860. The third-order valence-electron chi connectivity index (χ3n) is 4.61. The lowest BCUT2D eigenvalue weighted by Gasteiger charge is -2.36. The molecule has 0 amide bonds. The molecule has 19 heavy (non-hydrogen) atoms. The quantitative estimate of drug-likeness (QED) is 0.848. The average molecular weight is 260 g/mol. The molecule has 0 bridgehead atoms. The zero-order chi connectivity index (χ0) is 13.8. The number of nitrogens with zero attached hydrogens (tertiary/aromatic N) is 1. The smallest absolute Gasteiger partial charge is 0.0459 e. The van der Waals surface area contributed by atoms with Crippen LogP contribution in [0.5, 0.6) is 0 Å². The molecule has 1 aromatic rings. The van der Waals surface area contributed by atoms with Gasteiger partial charge < -0.3 is 5.73 Å². The van der Waals surface area contributed by atoms with Gasteiger partial charge in [-0.05, 0) is 43.9 Å². The van der Waals surface area contributed by atoms with E-state index in [1.165, 1.54) is 36.9 Å². The number of benzene rings is 1. The predicted octanol–water partition coefficient (Wildman–Crippen LogP) is 3.51. The van der Waals surface area contributed by atoms with Crippen LogP contribution in [0.25, 0.3) is 0 Å². The van der Waals surface area contributed by atoms with Crippen molar-refractivity contribution in [2.75, 3.05) is 6.54 Å². The van der Waals surface area contributed by atoms with Crippen LogP contribution in [0, 0.1) is 0 Å². The fourth-order valence-corrected chi connectivity index (χ4v) is 3.22. The highest BCUT2D eigenvalue weighted by Crippen LogP contribution is 2.34. The van der Waals surface area contributed by atoms with E-state index in [0.29, 0.717) is 12.1 Å². The van der Waals surface area contributed by atoms with Gasteiger partial charge in [0.1, 0.15) is 0 Å². The monoisotopic (exact) mass is 260 g/mol. The molecule has 1 aromatic carbocycles. The average Bonchev–Trinajstić information content (AvgIpc) is 2.77. The van der Waals surface area contributed by atoms with Crippen molar-refractivity contribution in [3.05, 3.63) is 35.4 Å². The maximum atomic E-state index is 6.51. The molecular formula is C17H28N2. The Morgan fingerprint density at radius 3 is 2.68 bits per heavy atom. The lowest BCUT2D eigenvalue weighted by atomic mass is 10.0. The summed E-state index contributed by atoms with van der Waals surface area (Å²) < 4.78 is 0. The lowest BCUT2D eigenvalue weighted by molar-refractivity contribution is 0.125. The topological polar surface area (TPSA) is 29.3 Å². The van der Waals surface area contributed by atoms with E-state index < -0.39 is 0 Å². The van der Waals surface area contributed by atoms with Crippen LogP contribution in [0.1, 0.15) is 57.2 Å². The molecule has 0 spiro atoms. The SMILES string of the molecule is CCCCN(C(C)CC)C1Cc2ccccc2C1N. The molecule has 2 rings (SSSR count). The van der Waals surface area contributed by atoms with Crippen molar-refractivity contribution in [3.63, 3.8) is 0 Å². The van der Waals surface area contributed by atoms with Crippen LogP contribution in [-0.4, -0.2) is 23.5 Å². The van der Waals surface area contributed by atoms with E-state index in [4.69, 9.17) is 5.73 Å². The van der Waals surface area contributed by atoms with Crippen LogP contribution in [0.2, 0.25) is 0 Å². The van der Waals surface area contributed by atoms with Gasteiger partial charge in [0.2, 0.25) is 0 Å². The minimum absolute atomic E-state index is 0.182. The van der Waals surface area contributed by atoms with Crippen LogP contribution in [0.15, 0.2) is 24.3 Å². The van der Waals surface area contributed by atoms with E-state index >= 15 is 0 Å². The summed E-state index contributed by atoms with van der Waals surface area (Å²) in [5.74, 6) is 0. The van der Waals surface area contributed by atoms with Crippen LogP contribution >= 0.6 is 0 Å². The molecule has 2 nitrogen and oxygen atoms in total. The third-order valence-corrected chi connectivity index (χ3v) is 4.61. The standard InChI is InChI=1S/C17H28N2/c1-4-6-11-19(13(3)5-2)16-12-14-9-7-8-10-15(14)17(16)18/h7-10,13,16-17H,4-6,11-12,18H2,1-3H3. The first kappa shape index (κ1) is 14.5. The fourth-order valence-electron chi connectivity index (χ4n) is 3.22. The molecule has 1 aliphatic rings. The highest BCUT2D eigenvalue weighted by molar-refractivity contribution is 5.37. The van der Waals surface area contributed by atoms with E-state index in [1.54, 1.807) is 0 Å². The first-order valence-electron chi connectivity index (χ1n) is 7.78. The van der Waals surface area contributed by atoms with E-state index in [2.05, 4.69) is 49.9 Å². The summed E-state index contributed by atoms with van der Waals surface area (Å²) in [5, 5.41) is 0. The molecule has 2 heteroatoms. The second-order valence-corrected chi connectivity index (χ2v) is 5.84. The molecule has 2 N–H and O–H groups in total. The number of nitrogens with two attached hydrogens (primary N) is 1. The predicted molar refractivity (Wildman–Crippen MR) is 82.2 cm³/mol. The Bertz CT molecular complexity index is 402. The number of fused-ring (bicyclic) bond motifs is 1. The van der Waals surface area contributed by atoms with Crippen molar-refractivity contribution in [1.82, 2.24) is 4.90 Å². The first-order valence-corrected chi connectivity index (χ1v) is 7.78. The normalized spacial score (nSPS) is 23.6. The lowest BCUT2D eigenvalue weighted by Crippen LogP contribution is -2.46. The minimum atomic E-state index is 0.182. The van der Waals surface area contributed by atoms with E-state index in [0.717, 1.165) is 6.42 Å². The summed E-state index contributed by atoms with van der Waals surface area (Å²) in [6, 6.07) is 9.98. The molecule has 0 aliphatic heterocycles. The molecule has 1 aliphatic carbocycles. The van der Waals surface area contributed by atoms with Crippen LogP contribution in [-0.2, 0) is 6.42 Å². The Morgan fingerprint density at radius 1 is 1.32 bits per heavy atom. The first-order chi connectivity index (χ1) is 9.19. The third kappa shape index (κ3) is 3.01. The van der Waals surface area contributed by atoms with Crippen molar-refractivity contribution < 1.29 is 0 Å². The van der Waals surface area contributed by atoms with Gasteiger partial charge in [0, 0.05) is 18.1 Å². The summed E-state index contributed by atoms with van der Waals surface area (Å²) in [6.45, 7) is 8.05. The van der Waals surface area contributed by atoms with Gasteiger partial charge in [-0.2, -0.15) is 0 Å². The van der Waals surface area contributed by atoms with Crippen LogP contribution in [0.4, 0.5) is 0 Å². The van der Waals surface area contributed by atoms with Crippen molar-refractivity contribution in [2.24, 2.45) is 5.73 Å². The number of rotatable bonds is 6. The van der Waals surface area contributed by atoms with Gasteiger partial charge >= 0.3 is 0 Å². The van der Waals surface area contributed by atoms with E-state index in [-0.39, 0.29) is 6.04 Å². The molecule has 0 fully saturated rings. The van der Waals surface area contributed by atoms with Crippen molar-refractivity contribution in [2.45, 2.75) is 64.6 Å². The van der Waals surface area contributed by atoms with Gasteiger partial charge in [0.15, 0.2) is 0 Å². The highest BCUT2D eigenvalue weighted by atomic mass is 15.2. The molecule has 3 unspecified atom stereocenters. The Labute approximate surface area is 118 Å². The molecule has 3 atom stereocenters. The largest absolute Gasteiger partial charge is 0.323 e. The van der Waals surface area contributed by atoms with Crippen LogP contribution < -0.4 is 5.73 Å². The highest BCUT2D eigenvalue weighted by Gasteiger charge is 2.34. The maximum absolute atomic E-state index is 6.51. The van der Waals surface area contributed by atoms with Gasteiger partial charge in [-0.1, -0.05) is 44.5 Å². The summed E-state index contributed by atoms with van der Waals surface area (Å²) >= 11 is 0. The van der Waals surface area contributed by atoms with Crippen molar-refractivity contribution >= 4 is 0 Å². The van der Waals surface area contributed by atoms with E-state index in [9.17, 15) is 0 Å². The van der Waals surface area contributed by atoms with Crippen molar-refractivity contribution in [1.29, 1.82) is 0 Å². The van der Waals surface area contributed by atoms with Gasteiger partial charge in [-0.3, -0.25) is 4.90 Å². The summed E-state index contributed by atoms with van der Waals surface area (Å²) in [7, 11) is 0.